The molecule has 0 saturated heterocycles. The van der Waals surface area contributed by atoms with Crippen molar-refractivity contribution in [3.05, 3.63) is 36.0 Å². The Morgan fingerprint density at radius 3 is 2.58 bits per heavy atom. The van der Waals surface area contributed by atoms with Crippen LogP contribution in [0, 0.1) is 6.92 Å². The highest BCUT2D eigenvalue weighted by atomic mass is 15.3. The summed E-state index contributed by atoms with van der Waals surface area (Å²) < 4.78 is 0. The number of aromatic nitrogens is 2. The first-order valence-electron chi connectivity index (χ1n) is 5.96. The minimum atomic E-state index is 0.393. The number of aryl methyl sites for hydroxylation is 1. The molecule has 0 aliphatic carbocycles. The lowest BCUT2D eigenvalue weighted by molar-refractivity contribution is 1.07. The molecule has 6 heteroatoms. The van der Waals surface area contributed by atoms with Crippen LogP contribution in [0.1, 0.15) is 5.69 Å². The van der Waals surface area contributed by atoms with Gasteiger partial charge in [0.25, 0.3) is 0 Å². The Morgan fingerprint density at radius 1 is 1.16 bits per heavy atom. The van der Waals surface area contributed by atoms with Crippen LogP contribution in [-0.4, -0.2) is 24.1 Å². The Morgan fingerprint density at radius 2 is 1.89 bits per heavy atom. The van der Waals surface area contributed by atoms with E-state index in [0.717, 1.165) is 17.1 Å². The van der Waals surface area contributed by atoms with Crippen LogP contribution in [0.25, 0.3) is 0 Å². The van der Waals surface area contributed by atoms with Gasteiger partial charge in [-0.2, -0.15) is 4.98 Å². The molecule has 1 aromatic heterocycles. The Kier molecular flexibility index (Phi) is 3.82. The maximum Gasteiger partial charge on any atom is 0.239 e. The van der Waals surface area contributed by atoms with E-state index < -0.39 is 0 Å². The van der Waals surface area contributed by atoms with E-state index in [0.29, 0.717) is 11.8 Å². The number of hydrogen-bond donors (Lipinski definition) is 3. The molecule has 0 aliphatic heterocycles. The number of nitrogen functional groups attached to an aromatic ring is 1. The second kappa shape index (κ2) is 5.53. The molecule has 100 valence electrons. The van der Waals surface area contributed by atoms with Gasteiger partial charge >= 0.3 is 0 Å². The number of para-hydroxylation sites is 2. The summed E-state index contributed by atoms with van der Waals surface area (Å²) in [6.07, 6.45) is 0. The fourth-order valence-corrected chi connectivity index (χ4v) is 1.80. The topological polar surface area (TPSA) is 79.1 Å². The first-order chi connectivity index (χ1) is 9.10. The molecule has 0 unspecified atom stereocenters. The van der Waals surface area contributed by atoms with Crippen molar-refractivity contribution in [1.29, 1.82) is 0 Å². The SMILES string of the molecule is Cc1cc(Nc2ccccc2N(C)C)nc(NN)n1. The van der Waals surface area contributed by atoms with Gasteiger partial charge in [0.1, 0.15) is 5.82 Å². The van der Waals surface area contributed by atoms with Gasteiger partial charge in [-0.25, -0.2) is 10.8 Å². The highest BCUT2D eigenvalue weighted by molar-refractivity contribution is 5.74. The van der Waals surface area contributed by atoms with E-state index in [4.69, 9.17) is 5.84 Å². The van der Waals surface area contributed by atoms with Crippen LogP contribution in [0.3, 0.4) is 0 Å². The van der Waals surface area contributed by atoms with E-state index in [1.807, 2.05) is 56.3 Å². The number of benzene rings is 1. The predicted octanol–water partition coefficient (Wildman–Crippen LogP) is 1.88. The van der Waals surface area contributed by atoms with Crippen molar-refractivity contribution in [3.8, 4) is 0 Å². The Hall–Kier alpha value is -2.34. The van der Waals surface area contributed by atoms with Crippen LogP contribution in [0.15, 0.2) is 30.3 Å². The summed E-state index contributed by atoms with van der Waals surface area (Å²) in [6, 6.07) is 9.89. The fraction of sp³-hybridized carbons (Fsp3) is 0.231. The van der Waals surface area contributed by atoms with Crippen molar-refractivity contribution >= 4 is 23.1 Å². The zero-order valence-corrected chi connectivity index (χ0v) is 11.3. The summed E-state index contributed by atoms with van der Waals surface area (Å²) in [6.45, 7) is 1.89. The quantitative estimate of drug-likeness (QED) is 0.574. The van der Waals surface area contributed by atoms with Gasteiger partial charge < -0.3 is 10.2 Å². The molecule has 2 rings (SSSR count). The second-order valence-corrected chi connectivity index (χ2v) is 4.40. The molecule has 0 saturated carbocycles. The van der Waals surface area contributed by atoms with E-state index in [-0.39, 0.29) is 0 Å². The molecule has 1 aromatic carbocycles. The number of nitrogens with zero attached hydrogens (tertiary/aromatic N) is 3. The van der Waals surface area contributed by atoms with Crippen molar-refractivity contribution in [2.24, 2.45) is 5.84 Å². The molecule has 0 bridgehead atoms. The molecule has 0 aliphatic rings. The number of rotatable bonds is 4. The van der Waals surface area contributed by atoms with Crippen LogP contribution in [0.4, 0.5) is 23.1 Å². The van der Waals surface area contributed by atoms with E-state index in [9.17, 15) is 0 Å². The van der Waals surface area contributed by atoms with Crippen LogP contribution >= 0.6 is 0 Å². The first kappa shape index (κ1) is 13.1. The number of hydrazine groups is 1. The summed E-state index contributed by atoms with van der Waals surface area (Å²) in [5, 5.41) is 3.28. The summed E-state index contributed by atoms with van der Waals surface area (Å²) in [7, 11) is 4.00. The maximum atomic E-state index is 5.35. The molecule has 0 atom stereocenters. The summed E-state index contributed by atoms with van der Waals surface area (Å²) in [4.78, 5) is 10.5. The molecule has 2 aromatic rings. The Balaban J connectivity index is 2.33. The van der Waals surface area contributed by atoms with Crippen LogP contribution in [-0.2, 0) is 0 Å². The minimum Gasteiger partial charge on any atom is -0.376 e. The van der Waals surface area contributed by atoms with Crippen LogP contribution in [0.2, 0.25) is 0 Å². The number of hydrogen-bond acceptors (Lipinski definition) is 6. The predicted molar refractivity (Wildman–Crippen MR) is 78.6 cm³/mol. The standard InChI is InChI=1S/C13H18N6/c1-9-8-12(17-13(15-9)18-14)16-10-6-4-5-7-11(10)19(2)3/h4-8H,14H2,1-3H3,(H2,15,16,17,18). The molecular weight excluding hydrogens is 240 g/mol. The molecule has 0 spiro atoms. The maximum absolute atomic E-state index is 5.35. The first-order valence-corrected chi connectivity index (χ1v) is 5.96. The number of nitrogens with two attached hydrogens (primary N) is 1. The molecule has 4 N–H and O–H groups in total. The van der Waals surface area contributed by atoms with E-state index in [1.54, 1.807) is 0 Å². The lowest BCUT2D eigenvalue weighted by Gasteiger charge is -2.18. The molecule has 0 radical (unpaired) electrons. The molecule has 6 nitrogen and oxygen atoms in total. The normalized spacial score (nSPS) is 10.1. The largest absolute Gasteiger partial charge is 0.376 e. The third-order valence-corrected chi connectivity index (χ3v) is 2.63. The van der Waals surface area contributed by atoms with Crippen LogP contribution < -0.4 is 21.5 Å². The molecule has 0 amide bonds. The van der Waals surface area contributed by atoms with Gasteiger partial charge in [0.2, 0.25) is 5.95 Å². The van der Waals surface area contributed by atoms with Gasteiger partial charge in [-0.15, -0.1) is 0 Å². The fourth-order valence-electron chi connectivity index (χ4n) is 1.80. The van der Waals surface area contributed by atoms with Crippen molar-refractivity contribution in [2.45, 2.75) is 6.92 Å². The summed E-state index contributed by atoms with van der Waals surface area (Å²) >= 11 is 0. The Labute approximate surface area is 112 Å². The van der Waals surface area contributed by atoms with Crippen molar-refractivity contribution < 1.29 is 0 Å². The Bertz CT molecular complexity index is 567. The van der Waals surface area contributed by atoms with Crippen molar-refractivity contribution in [1.82, 2.24) is 9.97 Å². The highest BCUT2D eigenvalue weighted by Crippen LogP contribution is 2.26. The second-order valence-electron chi connectivity index (χ2n) is 4.40. The van der Waals surface area contributed by atoms with Gasteiger partial charge in [0.15, 0.2) is 0 Å². The number of nitrogens with one attached hydrogen (secondary N) is 2. The zero-order chi connectivity index (χ0) is 13.8. The summed E-state index contributed by atoms with van der Waals surface area (Å²) in [5.41, 5.74) is 5.36. The lowest BCUT2D eigenvalue weighted by atomic mass is 10.2. The van der Waals surface area contributed by atoms with Gasteiger partial charge in [0.05, 0.1) is 11.4 Å². The average Bonchev–Trinajstić information content (AvgIpc) is 2.38. The summed E-state index contributed by atoms with van der Waals surface area (Å²) in [5.74, 6) is 6.44. The molecule has 0 fully saturated rings. The smallest absolute Gasteiger partial charge is 0.239 e. The van der Waals surface area contributed by atoms with Gasteiger partial charge in [-0.05, 0) is 19.1 Å². The van der Waals surface area contributed by atoms with Gasteiger partial charge in [0, 0.05) is 25.9 Å². The lowest BCUT2D eigenvalue weighted by Crippen LogP contribution is -2.13. The average molecular weight is 258 g/mol. The van der Waals surface area contributed by atoms with Gasteiger partial charge in [-0.1, -0.05) is 12.1 Å². The van der Waals surface area contributed by atoms with E-state index in [1.165, 1.54) is 0 Å². The van der Waals surface area contributed by atoms with Gasteiger partial charge in [-0.3, -0.25) is 5.43 Å². The van der Waals surface area contributed by atoms with Crippen LogP contribution in [0.5, 0.6) is 0 Å². The van der Waals surface area contributed by atoms with E-state index >= 15 is 0 Å². The minimum absolute atomic E-state index is 0.393. The zero-order valence-electron chi connectivity index (χ0n) is 11.3. The molecule has 19 heavy (non-hydrogen) atoms. The van der Waals surface area contributed by atoms with E-state index in [2.05, 4.69) is 20.7 Å². The van der Waals surface area contributed by atoms with Crippen molar-refractivity contribution in [2.75, 3.05) is 29.7 Å². The third kappa shape index (κ3) is 3.11. The van der Waals surface area contributed by atoms with Crippen molar-refractivity contribution in [3.63, 3.8) is 0 Å². The molecular formula is C13H18N6. The number of anilines is 4. The monoisotopic (exact) mass is 258 g/mol. The molecule has 1 heterocycles. The highest BCUT2D eigenvalue weighted by Gasteiger charge is 2.06. The third-order valence-electron chi connectivity index (χ3n) is 2.63.